The Kier molecular flexibility index (Phi) is 7.34. The second kappa shape index (κ2) is 9.20. The Morgan fingerprint density at radius 3 is 2.17 bits per heavy atom. The highest BCUT2D eigenvalue weighted by Crippen LogP contribution is 2.24. The number of aliphatic imine (C=N–C) groups is 1. The van der Waals surface area contributed by atoms with Crippen LogP contribution in [0.1, 0.15) is 58.8 Å². The van der Waals surface area contributed by atoms with Crippen LogP contribution in [0.25, 0.3) is 0 Å². The molecule has 0 aliphatic heterocycles. The lowest BCUT2D eigenvalue weighted by atomic mass is 9.87. The van der Waals surface area contributed by atoms with E-state index in [1.807, 2.05) is 12.1 Å². The Bertz CT molecular complexity index is 963. The van der Waals surface area contributed by atoms with Crippen molar-refractivity contribution in [3.05, 3.63) is 47.7 Å². The van der Waals surface area contributed by atoms with Gasteiger partial charge < -0.3 is 15.1 Å². The van der Waals surface area contributed by atoms with Gasteiger partial charge in [0.2, 0.25) is 5.89 Å². The van der Waals surface area contributed by atoms with E-state index in [4.69, 9.17) is 4.42 Å². The Labute approximate surface area is 180 Å². The highest BCUT2D eigenvalue weighted by molar-refractivity contribution is 7.91. The molecule has 1 heterocycles. The third kappa shape index (κ3) is 6.58. The monoisotopic (exact) mass is 434 g/mol. The van der Waals surface area contributed by atoms with Gasteiger partial charge in [0.25, 0.3) is 0 Å². The summed E-state index contributed by atoms with van der Waals surface area (Å²) in [7, 11) is -1.75. The van der Waals surface area contributed by atoms with Crippen molar-refractivity contribution in [1.82, 2.24) is 15.6 Å². The molecule has 2 aromatic rings. The maximum absolute atomic E-state index is 12.6. The van der Waals surface area contributed by atoms with Crippen LogP contribution in [-0.4, -0.2) is 38.7 Å². The van der Waals surface area contributed by atoms with Crippen LogP contribution >= 0.6 is 0 Å². The maximum Gasteiger partial charge on any atom is 0.213 e. The summed E-state index contributed by atoms with van der Waals surface area (Å²) >= 11 is 0. The van der Waals surface area contributed by atoms with Gasteiger partial charge in [0, 0.05) is 19.0 Å². The van der Waals surface area contributed by atoms with Crippen molar-refractivity contribution in [2.24, 2.45) is 4.99 Å². The standard InChI is InChI=1S/C22H34N4O3S/c1-21(2,3)16-8-10-17(11-9-16)30(27,28)13-12-24-20(23-7)26-15-19-25-14-18(29-19)22(4,5)6/h8-11,14H,12-13,15H2,1-7H3,(H2,23,24,26). The Balaban J connectivity index is 1.88. The van der Waals surface area contributed by atoms with E-state index < -0.39 is 9.84 Å². The van der Waals surface area contributed by atoms with Crippen molar-refractivity contribution < 1.29 is 12.8 Å². The zero-order valence-electron chi connectivity index (χ0n) is 19.0. The number of rotatable bonds is 6. The van der Waals surface area contributed by atoms with E-state index in [2.05, 4.69) is 62.2 Å². The molecule has 0 unspecified atom stereocenters. The largest absolute Gasteiger partial charge is 0.443 e. The van der Waals surface area contributed by atoms with E-state index >= 15 is 0 Å². The molecule has 30 heavy (non-hydrogen) atoms. The number of hydrogen-bond acceptors (Lipinski definition) is 5. The number of hydrogen-bond donors (Lipinski definition) is 2. The second-order valence-electron chi connectivity index (χ2n) is 9.31. The van der Waals surface area contributed by atoms with Gasteiger partial charge >= 0.3 is 0 Å². The number of nitrogens with one attached hydrogen (secondary N) is 2. The minimum atomic E-state index is -3.38. The van der Waals surface area contributed by atoms with Crippen LogP contribution in [0.3, 0.4) is 0 Å². The molecule has 1 aromatic heterocycles. The molecule has 0 spiro atoms. The van der Waals surface area contributed by atoms with E-state index in [0.29, 0.717) is 23.3 Å². The van der Waals surface area contributed by atoms with Crippen LogP contribution in [0.2, 0.25) is 0 Å². The Hall–Kier alpha value is -2.35. The fourth-order valence-electron chi connectivity index (χ4n) is 2.70. The van der Waals surface area contributed by atoms with Crippen LogP contribution in [0, 0.1) is 0 Å². The Morgan fingerprint density at radius 1 is 1.03 bits per heavy atom. The first kappa shape index (κ1) is 23.9. The van der Waals surface area contributed by atoms with Crippen molar-refractivity contribution >= 4 is 15.8 Å². The zero-order chi connectivity index (χ0) is 22.6. The SMILES string of the molecule is CN=C(NCCS(=O)(=O)c1ccc(C(C)(C)C)cc1)NCc1ncc(C(C)(C)C)o1. The molecule has 0 atom stereocenters. The summed E-state index contributed by atoms with van der Waals surface area (Å²) in [4.78, 5) is 8.71. The summed E-state index contributed by atoms with van der Waals surface area (Å²) < 4.78 is 31.0. The highest BCUT2D eigenvalue weighted by Gasteiger charge is 2.20. The molecule has 0 bridgehead atoms. The van der Waals surface area contributed by atoms with E-state index in [9.17, 15) is 8.42 Å². The van der Waals surface area contributed by atoms with Crippen LogP contribution in [-0.2, 0) is 27.2 Å². The minimum Gasteiger partial charge on any atom is -0.443 e. The lowest BCUT2D eigenvalue weighted by Gasteiger charge is -2.19. The van der Waals surface area contributed by atoms with Crippen LogP contribution in [0.4, 0.5) is 0 Å². The third-order valence-electron chi connectivity index (χ3n) is 4.67. The fourth-order valence-corrected chi connectivity index (χ4v) is 3.86. The molecule has 8 heteroatoms. The van der Waals surface area contributed by atoms with Crippen molar-refractivity contribution in [1.29, 1.82) is 0 Å². The molecule has 0 amide bonds. The van der Waals surface area contributed by atoms with Gasteiger partial charge in [-0.1, -0.05) is 53.7 Å². The number of oxazole rings is 1. The number of aromatic nitrogens is 1. The molecule has 0 aliphatic rings. The molecule has 2 rings (SSSR count). The quantitative estimate of drug-likeness (QED) is 0.534. The molecule has 0 aliphatic carbocycles. The molecule has 7 nitrogen and oxygen atoms in total. The van der Waals surface area contributed by atoms with Gasteiger partial charge in [0.1, 0.15) is 5.76 Å². The predicted molar refractivity (Wildman–Crippen MR) is 121 cm³/mol. The Morgan fingerprint density at radius 2 is 1.67 bits per heavy atom. The van der Waals surface area contributed by atoms with Gasteiger partial charge in [-0.25, -0.2) is 13.4 Å². The molecule has 1 aromatic carbocycles. The van der Waals surface area contributed by atoms with E-state index in [-0.39, 0.29) is 23.1 Å². The summed E-state index contributed by atoms with van der Waals surface area (Å²) in [5.41, 5.74) is 0.980. The molecule has 2 N–H and O–H groups in total. The maximum atomic E-state index is 12.6. The molecule has 0 saturated carbocycles. The van der Waals surface area contributed by atoms with Gasteiger partial charge in [-0.15, -0.1) is 0 Å². The highest BCUT2D eigenvalue weighted by atomic mass is 32.2. The lowest BCUT2D eigenvalue weighted by Crippen LogP contribution is -2.39. The van der Waals surface area contributed by atoms with Gasteiger partial charge in [-0.3, -0.25) is 4.99 Å². The normalized spacial score (nSPS) is 13.4. The first-order valence-electron chi connectivity index (χ1n) is 10.1. The van der Waals surface area contributed by atoms with E-state index in [1.54, 1.807) is 25.4 Å². The van der Waals surface area contributed by atoms with Crippen LogP contribution < -0.4 is 10.6 Å². The van der Waals surface area contributed by atoms with Gasteiger partial charge in [0.05, 0.1) is 23.4 Å². The average Bonchev–Trinajstić information content (AvgIpc) is 3.13. The number of guanidine groups is 1. The van der Waals surface area contributed by atoms with Crippen molar-refractivity contribution in [2.75, 3.05) is 19.3 Å². The smallest absolute Gasteiger partial charge is 0.213 e. The predicted octanol–water partition coefficient (Wildman–Crippen LogP) is 3.41. The lowest BCUT2D eigenvalue weighted by molar-refractivity contribution is 0.379. The van der Waals surface area contributed by atoms with Gasteiger partial charge in [-0.2, -0.15) is 0 Å². The molecule has 0 saturated heterocycles. The fraction of sp³-hybridized carbons (Fsp3) is 0.545. The van der Waals surface area contributed by atoms with Crippen molar-refractivity contribution in [3.8, 4) is 0 Å². The number of nitrogens with zero attached hydrogens (tertiary/aromatic N) is 2. The van der Waals surface area contributed by atoms with E-state index in [1.165, 1.54) is 0 Å². The summed E-state index contributed by atoms with van der Waals surface area (Å²) in [6, 6.07) is 7.11. The number of benzene rings is 1. The summed E-state index contributed by atoms with van der Waals surface area (Å²) in [5, 5.41) is 6.12. The first-order chi connectivity index (χ1) is 13.8. The molecular weight excluding hydrogens is 400 g/mol. The van der Waals surface area contributed by atoms with Crippen molar-refractivity contribution in [3.63, 3.8) is 0 Å². The first-order valence-corrected chi connectivity index (χ1v) is 11.7. The average molecular weight is 435 g/mol. The van der Waals surface area contributed by atoms with Gasteiger partial charge in [-0.05, 0) is 23.1 Å². The third-order valence-corrected chi connectivity index (χ3v) is 6.40. The van der Waals surface area contributed by atoms with Crippen LogP contribution in [0.5, 0.6) is 0 Å². The molecule has 0 fully saturated rings. The van der Waals surface area contributed by atoms with Crippen LogP contribution in [0.15, 0.2) is 44.8 Å². The van der Waals surface area contributed by atoms with Crippen molar-refractivity contribution in [2.45, 2.75) is 63.8 Å². The summed E-state index contributed by atoms with van der Waals surface area (Å²) in [6.07, 6.45) is 1.73. The van der Waals surface area contributed by atoms with E-state index in [0.717, 1.165) is 11.3 Å². The topological polar surface area (TPSA) is 96.6 Å². The second-order valence-corrected chi connectivity index (χ2v) is 11.4. The summed E-state index contributed by atoms with van der Waals surface area (Å²) in [6.45, 7) is 13.1. The molecule has 166 valence electrons. The minimum absolute atomic E-state index is 0.0154. The molecular formula is C22H34N4O3S. The summed E-state index contributed by atoms with van der Waals surface area (Å²) in [5.74, 6) is 1.82. The number of sulfone groups is 1. The molecule has 0 radical (unpaired) electrons. The van der Waals surface area contributed by atoms with Gasteiger partial charge in [0.15, 0.2) is 15.8 Å². The zero-order valence-corrected chi connectivity index (χ0v) is 19.9.